The molecule has 1 atom stereocenters. The predicted molar refractivity (Wildman–Crippen MR) is 83.7 cm³/mol. The van der Waals surface area contributed by atoms with E-state index in [1.807, 2.05) is 0 Å². The second kappa shape index (κ2) is 7.83. The van der Waals surface area contributed by atoms with Gasteiger partial charge in [0.2, 0.25) is 0 Å². The highest BCUT2D eigenvalue weighted by molar-refractivity contribution is 5.85. The van der Waals surface area contributed by atoms with Crippen LogP contribution in [-0.2, 0) is 13.1 Å². The summed E-state index contributed by atoms with van der Waals surface area (Å²) in [5, 5.41) is 7.16. The summed E-state index contributed by atoms with van der Waals surface area (Å²) in [5.74, 6) is 0. The standard InChI is InChI=1S/C14H22F3N5.ClH/c15-14(16,17)11-22-9-12(7-19-22)8-20-4-1-13(10-20)21-5-2-18-3-6-21;/h7,9,13,18H,1-6,8,10-11H2;1H. The van der Waals surface area contributed by atoms with Gasteiger partial charge in [-0.3, -0.25) is 14.5 Å². The molecule has 9 heteroatoms. The summed E-state index contributed by atoms with van der Waals surface area (Å²) < 4.78 is 38.0. The number of aromatic nitrogens is 2. The van der Waals surface area contributed by atoms with Crippen molar-refractivity contribution in [3.8, 4) is 0 Å². The third-order valence-electron chi connectivity index (χ3n) is 4.35. The number of likely N-dealkylation sites (tertiary alicyclic amines) is 1. The number of halogens is 4. The van der Waals surface area contributed by atoms with E-state index >= 15 is 0 Å². The summed E-state index contributed by atoms with van der Waals surface area (Å²) in [6.45, 7) is 5.91. The Hall–Kier alpha value is -0.830. The van der Waals surface area contributed by atoms with Crippen LogP contribution in [0, 0.1) is 0 Å². The van der Waals surface area contributed by atoms with Crippen LogP contribution in [0.4, 0.5) is 13.2 Å². The van der Waals surface area contributed by atoms with Gasteiger partial charge in [-0.25, -0.2) is 0 Å². The van der Waals surface area contributed by atoms with Crippen molar-refractivity contribution in [1.82, 2.24) is 24.9 Å². The van der Waals surface area contributed by atoms with Gasteiger partial charge in [-0.2, -0.15) is 18.3 Å². The summed E-state index contributed by atoms with van der Waals surface area (Å²) in [6, 6.07) is 0.576. The molecule has 2 aliphatic heterocycles. The number of nitrogens with zero attached hydrogens (tertiary/aromatic N) is 4. The Labute approximate surface area is 140 Å². The van der Waals surface area contributed by atoms with Gasteiger partial charge < -0.3 is 5.32 Å². The topological polar surface area (TPSA) is 36.3 Å². The second-order valence-corrected chi connectivity index (χ2v) is 6.12. The number of rotatable bonds is 4. The van der Waals surface area contributed by atoms with Gasteiger partial charge in [0.05, 0.1) is 6.20 Å². The molecule has 1 aromatic heterocycles. The minimum absolute atomic E-state index is 0. The van der Waals surface area contributed by atoms with Crippen LogP contribution in [0.3, 0.4) is 0 Å². The summed E-state index contributed by atoms with van der Waals surface area (Å²) >= 11 is 0. The van der Waals surface area contributed by atoms with Gasteiger partial charge in [0, 0.05) is 63.6 Å². The van der Waals surface area contributed by atoms with Crippen LogP contribution in [-0.4, -0.2) is 71.1 Å². The van der Waals surface area contributed by atoms with E-state index in [2.05, 4.69) is 20.2 Å². The van der Waals surface area contributed by atoms with Gasteiger partial charge in [0.25, 0.3) is 0 Å². The zero-order chi connectivity index (χ0) is 15.6. The van der Waals surface area contributed by atoms with Crippen molar-refractivity contribution in [3.63, 3.8) is 0 Å². The molecule has 3 heterocycles. The highest BCUT2D eigenvalue weighted by Gasteiger charge is 2.30. The van der Waals surface area contributed by atoms with Crippen LogP contribution in [0.15, 0.2) is 12.4 Å². The maximum atomic E-state index is 12.3. The number of hydrogen-bond donors (Lipinski definition) is 1. The molecule has 2 fully saturated rings. The average molecular weight is 354 g/mol. The Kier molecular flexibility index (Phi) is 6.30. The number of alkyl halides is 3. The number of piperazine rings is 1. The van der Waals surface area contributed by atoms with Gasteiger partial charge in [0.15, 0.2) is 0 Å². The second-order valence-electron chi connectivity index (χ2n) is 6.12. The van der Waals surface area contributed by atoms with Crippen molar-refractivity contribution >= 4 is 12.4 Å². The maximum Gasteiger partial charge on any atom is 0.408 e. The van der Waals surface area contributed by atoms with Crippen LogP contribution in [0.2, 0.25) is 0 Å². The maximum absolute atomic E-state index is 12.3. The zero-order valence-corrected chi connectivity index (χ0v) is 13.7. The predicted octanol–water partition coefficient (Wildman–Crippen LogP) is 1.35. The van der Waals surface area contributed by atoms with Gasteiger partial charge in [0.1, 0.15) is 6.54 Å². The largest absolute Gasteiger partial charge is 0.408 e. The number of nitrogens with one attached hydrogen (secondary N) is 1. The highest BCUT2D eigenvalue weighted by Crippen LogP contribution is 2.20. The molecule has 2 saturated heterocycles. The molecule has 1 N–H and O–H groups in total. The van der Waals surface area contributed by atoms with E-state index in [4.69, 9.17) is 0 Å². The SMILES string of the molecule is Cl.FC(F)(F)Cn1cc(CN2CCC(N3CCNCC3)C2)cn1. The molecule has 0 aromatic carbocycles. The fourth-order valence-corrected chi connectivity index (χ4v) is 3.32. The lowest BCUT2D eigenvalue weighted by molar-refractivity contribution is -0.142. The molecule has 132 valence electrons. The Morgan fingerprint density at radius 1 is 1.22 bits per heavy atom. The molecular weight excluding hydrogens is 331 g/mol. The Morgan fingerprint density at radius 3 is 2.65 bits per heavy atom. The van der Waals surface area contributed by atoms with Crippen molar-refractivity contribution in [2.24, 2.45) is 0 Å². The molecule has 0 aliphatic carbocycles. The highest BCUT2D eigenvalue weighted by atomic mass is 35.5. The van der Waals surface area contributed by atoms with E-state index < -0.39 is 12.7 Å². The van der Waals surface area contributed by atoms with Crippen molar-refractivity contribution in [3.05, 3.63) is 18.0 Å². The molecule has 23 heavy (non-hydrogen) atoms. The van der Waals surface area contributed by atoms with Crippen molar-refractivity contribution in [1.29, 1.82) is 0 Å². The molecule has 1 unspecified atom stereocenters. The first-order chi connectivity index (χ1) is 10.5. The number of hydrogen-bond acceptors (Lipinski definition) is 4. The first-order valence-electron chi connectivity index (χ1n) is 7.75. The molecule has 2 aliphatic rings. The first-order valence-corrected chi connectivity index (χ1v) is 7.75. The molecule has 3 rings (SSSR count). The van der Waals surface area contributed by atoms with E-state index in [0.29, 0.717) is 12.6 Å². The van der Waals surface area contributed by atoms with Gasteiger partial charge in [-0.15, -0.1) is 12.4 Å². The Balaban J connectivity index is 0.00000192. The van der Waals surface area contributed by atoms with Crippen LogP contribution in [0.5, 0.6) is 0 Å². The van der Waals surface area contributed by atoms with Crippen molar-refractivity contribution in [2.45, 2.75) is 31.7 Å². The lowest BCUT2D eigenvalue weighted by Gasteiger charge is -2.32. The normalized spacial score (nSPS) is 23.9. The summed E-state index contributed by atoms with van der Waals surface area (Å²) in [4.78, 5) is 4.82. The van der Waals surface area contributed by atoms with Crippen LogP contribution >= 0.6 is 12.4 Å². The quantitative estimate of drug-likeness (QED) is 0.886. The van der Waals surface area contributed by atoms with Gasteiger partial charge >= 0.3 is 6.18 Å². The molecule has 0 amide bonds. The van der Waals surface area contributed by atoms with E-state index in [1.54, 1.807) is 6.20 Å². The Morgan fingerprint density at radius 2 is 1.96 bits per heavy atom. The lowest BCUT2D eigenvalue weighted by atomic mass is 10.2. The van der Waals surface area contributed by atoms with E-state index in [9.17, 15) is 13.2 Å². The lowest BCUT2D eigenvalue weighted by Crippen LogP contribution is -2.49. The average Bonchev–Trinajstić information content (AvgIpc) is 3.08. The van der Waals surface area contributed by atoms with E-state index in [1.165, 1.54) is 6.20 Å². The minimum Gasteiger partial charge on any atom is -0.314 e. The van der Waals surface area contributed by atoms with E-state index in [0.717, 1.165) is 55.9 Å². The van der Waals surface area contributed by atoms with Crippen LogP contribution in [0.25, 0.3) is 0 Å². The molecular formula is C14H23ClF3N5. The third kappa shape index (κ3) is 5.34. The molecule has 0 radical (unpaired) electrons. The van der Waals surface area contributed by atoms with E-state index in [-0.39, 0.29) is 12.4 Å². The van der Waals surface area contributed by atoms with Gasteiger partial charge in [-0.1, -0.05) is 0 Å². The van der Waals surface area contributed by atoms with Crippen molar-refractivity contribution < 1.29 is 13.2 Å². The monoisotopic (exact) mass is 353 g/mol. The molecule has 0 spiro atoms. The summed E-state index contributed by atoms with van der Waals surface area (Å²) in [7, 11) is 0. The fourth-order valence-electron chi connectivity index (χ4n) is 3.32. The Bertz CT molecular complexity index is 487. The van der Waals surface area contributed by atoms with Crippen molar-refractivity contribution in [2.75, 3.05) is 39.3 Å². The summed E-state index contributed by atoms with van der Waals surface area (Å²) in [5.41, 5.74) is 0.852. The third-order valence-corrected chi connectivity index (χ3v) is 4.35. The summed E-state index contributed by atoms with van der Waals surface area (Å²) in [6.07, 6.45) is -0.0312. The van der Waals surface area contributed by atoms with Crippen LogP contribution < -0.4 is 5.32 Å². The fraction of sp³-hybridized carbons (Fsp3) is 0.786. The smallest absolute Gasteiger partial charge is 0.314 e. The van der Waals surface area contributed by atoms with Gasteiger partial charge in [-0.05, 0) is 6.42 Å². The molecule has 0 bridgehead atoms. The molecule has 0 saturated carbocycles. The molecule has 1 aromatic rings. The molecule has 5 nitrogen and oxygen atoms in total. The zero-order valence-electron chi connectivity index (χ0n) is 12.9. The van der Waals surface area contributed by atoms with Crippen LogP contribution in [0.1, 0.15) is 12.0 Å². The minimum atomic E-state index is -4.22. The first kappa shape index (κ1) is 18.5.